The van der Waals surface area contributed by atoms with Crippen molar-refractivity contribution in [3.05, 3.63) is 12.2 Å². The maximum atomic E-state index is 4.20. The van der Waals surface area contributed by atoms with Crippen molar-refractivity contribution in [2.75, 3.05) is 6.54 Å². The Morgan fingerprint density at radius 1 is 1.54 bits per heavy atom. The molecule has 2 atom stereocenters. The van der Waals surface area contributed by atoms with Gasteiger partial charge in [0.05, 0.1) is 6.54 Å². The van der Waals surface area contributed by atoms with Crippen molar-refractivity contribution in [3.63, 3.8) is 0 Å². The third-order valence-corrected chi connectivity index (χ3v) is 4.36. The molecule has 0 bridgehead atoms. The Morgan fingerprint density at radius 2 is 2.23 bits per heavy atom. The van der Waals surface area contributed by atoms with E-state index in [9.17, 15) is 0 Å². The van der Waals surface area contributed by atoms with Crippen LogP contribution in [0.2, 0.25) is 0 Å². The Bertz CT molecular complexity index is 264. The van der Waals surface area contributed by atoms with Crippen molar-refractivity contribution < 1.29 is 0 Å². The van der Waals surface area contributed by atoms with E-state index in [1.165, 1.54) is 24.8 Å². The molecule has 0 radical (unpaired) electrons. The molecule has 2 rings (SSSR count). The van der Waals surface area contributed by atoms with E-state index in [1.54, 1.807) is 0 Å². The predicted octanol–water partition coefficient (Wildman–Crippen LogP) is 3.07. The minimum Gasteiger partial charge on any atom is -0.297 e. The van der Waals surface area contributed by atoms with Gasteiger partial charge in [0.15, 0.2) is 0 Å². The second-order valence-electron chi connectivity index (χ2n) is 5.28. The molecule has 1 heteroatoms. The van der Waals surface area contributed by atoms with Gasteiger partial charge in [-0.15, -0.1) is 0 Å². The molecule has 0 heterocycles. The SMILES string of the molecule is C=NCC(=C)C12CC1CCC2(C)C. The van der Waals surface area contributed by atoms with Crippen LogP contribution in [-0.2, 0) is 0 Å². The fourth-order valence-electron chi connectivity index (χ4n) is 3.45. The van der Waals surface area contributed by atoms with Gasteiger partial charge >= 0.3 is 0 Å². The minimum atomic E-state index is 0.439. The summed E-state index contributed by atoms with van der Waals surface area (Å²) < 4.78 is 0. The van der Waals surface area contributed by atoms with Crippen molar-refractivity contribution in [3.8, 4) is 0 Å². The Balaban J connectivity index is 2.22. The van der Waals surface area contributed by atoms with Crippen LogP contribution in [0.4, 0.5) is 0 Å². The molecule has 0 aromatic heterocycles. The zero-order chi connectivity index (χ0) is 9.69. The van der Waals surface area contributed by atoms with E-state index in [-0.39, 0.29) is 0 Å². The maximum Gasteiger partial charge on any atom is 0.0595 e. The van der Waals surface area contributed by atoms with E-state index < -0.39 is 0 Å². The molecular weight excluding hydrogens is 158 g/mol. The first-order chi connectivity index (χ1) is 6.04. The van der Waals surface area contributed by atoms with Crippen LogP contribution in [0.25, 0.3) is 0 Å². The van der Waals surface area contributed by atoms with E-state index >= 15 is 0 Å². The van der Waals surface area contributed by atoms with Gasteiger partial charge in [0, 0.05) is 5.41 Å². The van der Waals surface area contributed by atoms with Crippen molar-refractivity contribution in [1.29, 1.82) is 0 Å². The summed E-state index contributed by atoms with van der Waals surface area (Å²) in [5.41, 5.74) is 2.23. The fourth-order valence-corrected chi connectivity index (χ4v) is 3.45. The summed E-state index contributed by atoms with van der Waals surface area (Å²) in [5, 5.41) is 0. The highest BCUT2D eigenvalue weighted by molar-refractivity contribution is 5.33. The topological polar surface area (TPSA) is 12.4 Å². The van der Waals surface area contributed by atoms with Crippen molar-refractivity contribution >= 4 is 6.72 Å². The van der Waals surface area contributed by atoms with E-state index in [0.717, 1.165) is 12.5 Å². The lowest BCUT2D eigenvalue weighted by Gasteiger charge is -2.32. The van der Waals surface area contributed by atoms with Gasteiger partial charge in [-0.2, -0.15) is 0 Å². The molecule has 0 amide bonds. The molecule has 0 aromatic rings. The summed E-state index contributed by atoms with van der Waals surface area (Å²) in [6, 6.07) is 0. The van der Waals surface area contributed by atoms with Gasteiger partial charge in [0.2, 0.25) is 0 Å². The molecule has 1 nitrogen and oxygen atoms in total. The number of nitrogens with zero attached hydrogens (tertiary/aromatic N) is 1. The average molecular weight is 177 g/mol. The van der Waals surface area contributed by atoms with Gasteiger partial charge in [-0.1, -0.05) is 20.4 Å². The highest BCUT2D eigenvalue weighted by Gasteiger charge is 2.67. The molecular formula is C12H19N. The smallest absolute Gasteiger partial charge is 0.0595 e. The van der Waals surface area contributed by atoms with Crippen LogP contribution < -0.4 is 0 Å². The molecule has 0 N–H and O–H groups in total. The second-order valence-corrected chi connectivity index (χ2v) is 5.28. The van der Waals surface area contributed by atoms with Gasteiger partial charge in [0.1, 0.15) is 0 Å². The highest BCUT2D eigenvalue weighted by Crippen LogP contribution is 2.75. The van der Waals surface area contributed by atoms with Gasteiger partial charge in [-0.3, -0.25) is 4.99 Å². The fraction of sp³-hybridized carbons (Fsp3) is 0.750. The molecule has 2 unspecified atom stereocenters. The number of aliphatic imine (C=N–C) groups is 1. The van der Waals surface area contributed by atoms with Crippen LogP contribution in [0.3, 0.4) is 0 Å². The summed E-state index contributed by atoms with van der Waals surface area (Å²) in [5.74, 6) is 0.914. The number of fused-ring (bicyclic) bond motifs is 1. The highest BCUT2D eigenvalue weighted by atomic mass is 14.8. The first kappa shape index (κ1) is 8.98. The lowest BCUT2D eigenvalue weighted by Crippen LogP contribution is -2.25. The summed E-state index contributed by atoms with van der Waals surface area (Å²) in [6.45, 7) is 13.3. The van der Waals surface area contributed by atoms with Gasteiger partial charge in [0.25, 0.3) is 0 Å². The third-order valence-electron chi connectivity index (χ3n) is 4.36. The lowest BCUT2D eigenvalue weighted by atomic mass is 9.73. The zero-order valence-corrected chi connectivity index (χ0v) is 8.77. The van der Waals surface area contributed by atoms with E-state index in [0.29, 0.717) is 10.8 Å². The normalized spacial score (nSPS) is 39.7. The molecule has 2 fully saturated rings. The van der Waals surface area contributed by atoms with Gasteiger partial charge in [-0.25, -0.2) is 0 Å². The van der Waals surface area contributed by atoms with Gasteiger partial charge in [-0.05, 0) is 42.9 Å². The second kappa shape index (κ2) is 2.46. The molecule has 13 heavy (non-hydrogen) atoms. The standard InChI is InChI=1S/C12H19N/c1-9(8-13-4)12-7-10(12)5-6-11(12,2)3/h10H,1,4-8H2,2-3H3. The molecule has 0 aromatic carbocycles. The first-order valence-corrected chi connectivity index (χ1v) is 5.15. The minimum absolute atomic E-state index is 0.439. The Hall–Kier alpha value is -0.590. The number of hydrogen-bond acceptors (Lipinski definition) is 1. The molecule has 0 saturated heterocycles. The molecule has 2 aliphatic rings. The van der Waals surface area contributed by atoms with Crippen molar-refractivity contribution in [2.24, 2.45) is 21.7 Å². The van der Waals surface area contributed by atoms with E-state index in [1.807, 2.05) is 0 Å². The Kier molecular flexibility index (Phi) is 1.70. The maximum absolute atomic E-state index is 4.20. The monoisotopic (exact) mass is 177 g/mol. The molecule has 2 saturated carbocycles. The van der Waals surface area contributed by atoms with Crippen LogP contribution in [-0.4, -0.2) is 13.3 Å². The Morgan fingerprint density at radius 3 is 2.62 bits per heavy atom. The van der Waals surface area contributed by atoms with Crippen LogP contribution in [0, 0.1) is 16.7 Å². The molecule has 0 spiro atoms. The predicted molar refractivity (Wildman–Crippen MR) is 57.1 cm³/mol. The summed E-state index contributed by atoms with van der Waals surface area (Å²) >= 11 is 0. The average Bonchev–Trinajstić information content (AvgIpc) is 2.72. The summed E-state index contributed by atoms with van der Waals surface area (Å²) in [7, 11) is 0. The summed E-state index contributed by atoms with van der Waals surface area (Å²) in [6.07, 6.45) is 4.10. The quantitative estimate of drug-likeness (QED) is 0.464. The van der Waals surface area contributed by atoms with Crippen LogP contribution in [0.15, 0.2) is 17.1 Å². The van der Waals surface area contributed by atoms with Crippen molar-refractivity contribution in [1.82, 2.24) is 0 Å². The van der Waals surface area contributed by atoms with Crippen LogP contribution in [0.5, 0.6) is 0 Å². The van der Waals surface area contributed by atoms with E-state index in [4.69, 9.17) is 0 Å². The van der Waals surface area contributed by atoms with Gasteiger partial charge < -0.3 is 0 Å². The number of rotatable bonds is 3. The third kappa shape index (κ3) is 0.962. The Labute approximate surface area is 80.9 Å². The lowest BCUT2D eigenvalue weighted by molar-refractivity contribution is 0.242. The molecule has 0 aliphatic heterocycles. The number of hydrogen-bond donors (Lipinski definition) is 0. The van der Waals surface area contributed by atoms with Crippen molar-refractivity contribution in [2.45, 2.75) is 33.1 Å². The molecule has 2 aliphatic carbocycles. The largest absolute Gasteiger partial charge is 0.297 e. The molecule has 72 valence electrons. The first-order valence-electron chi connectivity index (χ1n) is 5.15. The van der Waals surface area contributed by atoms with Crippen LogP contribution in [0.1, 0.15) is 33.1 Å². The zero-order valence-electron chi connectivity index (χ0n) is 8.77. The summed E-state index contributed by atoms with van der Waals surface area (Å²) in [4.78, 5) is 3.97. The van der Waals surface area contributed by atoms with E-state index in [2.05, 4.69) is 32.1 Å². The van der Waals surface area contributed by atoms with Crippen LogP contribution >= 0.6 is 0 Å².